The highest BCUT2D eigenvalue weighted by Gasteiger charge is 2.06. The van der Waals surface area contributed by atoms with Crippen molar-refractivity contribution < 1.29 is 48.8 Å². The van der Waals surface area contributed by atoms with Gasteiger partial charge in [0.15, 0.2) is 0 Å². The van der Waals surface area contributed by atoms with Crippen molar-refractivity contribution >= 4 is 29.8 Å². The molecule has 0 aromatic rings. The zero-order chi connectivity index (χ0) is 28.2. The molecule has 0 fully saturated rings. The van der Waals surface area contributed by atoms with Gasteiger partial charge in [-0.15, -0.1) is 0 Å². The molecule has 216 valence electrons. The molecule has 10 heteroatoms. The number of ether oxygens (including phenoxy) is 2. The van der Waals surface area contributed by atoms with Gasteiger partial charge in [0.1, 0.15) is 0 Å². The summed E-state index contributed by atoms with van der Waals surface area (Å²) in [5.74, 6) is -2.97. The number of hydrogen-bond donors (Lipinski definition) is 3. The van der Waals surface area contributed by atoms with Crippen LogP contribution in [0.4, 0.5) is 0 Å². The fraction of sp³-hybridized carbons (Fsp3) is 0.815. The molecule has 0 unspecified atom stereocenters. The Morgan fingerprint density at radius 3 is 1.00 bits per heavy atom. The predicted molar refractivity (Wildman–Crippen MR) is 138 cm³/mol. The minimum atomic E-state index is -0.769. The third kappa shape index (κ3) is 35.6. The Bertz CT molecular complexity index is 600. The van der Waals surface area contributed by atoms with E-state index in [4.69, 9.17) is 24.8 Å². The molecule has 10 nitrogen and oxygen atoms in total. The van der Waals surface area contributed by atoms with Gasteiger partial charge < -0.3 is 24.8 Å². The number of carboxylic acids is 3. The van der Waals surface area contributed by atoms with E-state index in [0.717, 1.165) is 57.8 Å². The van der Waals surface area contributed by atoms with Crippen molar-refractivity contribution in [3.63, 3.8) is 0 Å². The molecule has 0 radical (unpaired) electrons. The van der Waals surface area contributed by atoms with Crippen LogP contribution in [-0.2, 0) is 33.4 Å². The SMILES string of the molecule is CCCCCCCC(=O)OCOC(=O)CCCCCCCC(=O)O.O=C(O)CCCCCCCC(=O)O. The fourth-order valence-corrected chi connectivity index (χ4v) is 3.34. The minimum Gasteiger partial charge on any atom is -0.481 e. The van der Waals surface area contributed by atoms with E-state index < -0.39 is 17.9 Å². The number of carbonyl (C=O) groups excluding carboxylic acids is 2. The normalized spacial score (nSPS) is 10.2. The van der Waals surface area contributed by atoms with Gasteiger partial charge in [0, 0.05) is 32.1 Å². The zero-order valence-electron chi connectivity index (χ0n) is 22.5. The Morgan fingerprint density at radius 2 is 0.703 bits per heavy atom. The van der Waals surface area contributed by atoms with E-state index in [-0.39, 0.29) is 38.0 Å². The summed E-state index contributed by atoms with van der Waals surface area (Å²) in [5.41, 5.74) is 0. The minimum absolute atomic E-state index is 0.200. The van der Waals surface area contributed by atoms with Gasteiger partial charge in [0.25, 0.3) is 0 Å². The van der Waals surface area contributed by atoms with Crippen LogP contribution in [0.1, 0.15) is 135 Å². The van der Waals surface area contributed by atoms with Crippen LogP contribution in [0, 0.1) is 0 Å². The summed E-state index contributed by atoms with van der Waals surface area (Å²) in [7, 11) is 0. The van der Waals surface area contributed by atoms with Crippen LogP contribution in [-0.4, -0.2) is 52.0 Å². The lowest BCUT2D eigenvalue weighted by molar-refractivity contribution is -0.167. The number of carboxylic acid groups (broad SMARTS) is 3. The van der Waals surface area contributed by atoms with Crippen molar-refractivity contribution in [1.29, 1.82) is 0 Å². The zero-order valence-corrected chi connectivity index (χ0v) is 22.5. The van der Waals surface area contributed by atoms with Crippen molar-refractivity contribution in [1.82, 2.24) is 0 Å². The van der Waals surface area contributed by atoms with E-state index in [0.29, 0.717) is 38.5 Å². The van der Waals surface area contributed by atoms with E-state index in [1.807, 2.05) is 0 Å². The van der Waals surface area contributed by atoms with Crippen molar-refractivity contribution in [2.45, 2.75) is 135 Å². The van der Waals surface area contributed by atoms with Gasteiger partial charge in [-0.3, -0.25) is 24.0 Å². The van der Waals surface area contributed by atoms with Crippen LogP contribution in [0.2, 0.25) is 0 Å². The Kier molecular flexibility index (Phi) is 27.6. The molecule has 0 saturated carbocycles. The standard InChI is InChI=1S/C18H32O6.C9H16O4/c1-2-3-4-6-10-13-17(21)23-15-24-18(22)14-11-8-5-7-9-12-16(19)20;10-8(11)6-4-2-1-3-5-7-9(12)13/h2-15H2,1H3,(H,19,20);1-7H2,(H,10,11)(H,12,13). The molecule has 0 spiro atoms. The smallest absolute Gasteiger partial charge is 0.308 e. The van der Waals surface area contributed by atoms with Crippen LogP contribution in [0.15, 0.2) is 0 Å². The average molecular weight is 533 g/mol. The van der Waals surface area contributed by atoms with Crippen molar-refractivity contribution in [3.8, 4) is 0 Å². The molecule has 37 heavy (non-hydrogen) atoms. The Balaban J connectivity index is 0. The summed E-state index contributed by atoms with van der Waals surface area (Å²) in [6.45, 7) is 1.84. The number of hydrogen-bond acceptors (Lipinski definition) is 7. The third-order valence-electron chi connectivity index (χ3n) is 5.48. The van der Waals surface area contributed by atoms with Crippen LogP contribution in [0.25, 0.3) is 0 Å². The fourth-order valence-electron chi connectivity index (χ4n) is 3.34. The molecule has 0 aromatic heterocycles. The highest BCUT2D eigenvalue weighted by Crippen LogP contribution is 2.09. The summed E-state index contributed by atoms with van der Waals surface area (Å²) in [6.07, 6.45) is 14.7. The lowest BCUT2D eigenvalue weighted by atomic mass is 10.1. The van der Waals surface area contributed by atoms with Crippen LogP contribution < -0.4 is 0 Å². The maximum atomic E-state index is 11.4. The van der Waals surface area contributed by atoms with E-state index in [1.54, 1.807) is 0 Å². The Labute approximate surface area is 221 Å². The third-order valence-corrected chi connectivity index (χ3v) is 5.48. The first-order valence-corrected chi connectivity index (χ1v) is 13.7. The molecular formula is C27H48O10. The van der Waals surface area contributed by atoms with E-state index in [9.17, 15) is 24.0 Å². The average Bonchev–Trinajstić information content (AvgIpc) is 2.82. The number of aliphatic carboxylic acids is 3. The summed E-state index contributed by atoms with van der Waals surface area (Å²) in [4.78, 5) is 53.4. The molecule has 0 heterocycles. The Hall–Kier alpha value is -2.65. The first-order chi connectivity index (χ1) is 17.7. The van der Waals surface area contributed by atoms with E-state index >= 15 is 0 Å². The van der Waals surface area contributed by atoms with Gasteiger partial charge in [-0.1, -0.05) is 71.1 Å². The summed E-state index contributed by atoms with van der Waals surface area (Å²) < 4.78 is 9.72. The molecule has 0 saturated heterocycles. The largest absolute Gasteiger partial charge is 0.481 e. The highest BCUT2D eigenvalue weighted by molar-refractivity contribution is 5.71. The molecule has 0 amide bonds. The van der Waals surface area contributed by atoms with Gasteiger partial charge in [0.2, 0.25) is 6.79 Å². The van der Waals surface area contributed by atoms with Crippen molar-refractivity contribution in [2.75, 3.05) is 6.79 Å². The van der Waals surface area contributed by atoms with Crippen LogP contribution in [0.3, 0.4) is 0 Å². The number of esters is 2. The van der Waals surface area contributed by atoms with Gasteiger partial charge in [-0.2, -0.15) is 0 Å². The topological polar surface area (TPSA) is 164 Å². The maximum Gasteiger partial charge on any atom is 0.308 e. The summed E-state index contributed by atoms with van der Waals surface area (Å²) >= 11 is 0. The molecule has 0 bridgehead atoms. The molecular weight excluding hydrogens is 484 g/mol. The monoisotopic (exact) mass is 532 g/mol. The van der Waals surface area contributed by atoms with Crippen LogP contribution >= 0.6 is 0 Å². The molecule has 0 atom stereocenters. The van der Waals surface area contributed by atoms with Gasteiger partial charge in [-0.25, -0.2) is 0 Å². The second-order valence-electron chi connectivity index (χ2n) is 9.03. The van der Waals surface area contributed by atoms with E-state index in [2.05, 4.69) is 6.92 Å². The number of rotatable bonds is 24. The summed E-state index contributed by atoms with van der Waals surface area (Å²) in [5, 5.41) is 25.1. The number of unbranched alkanes of at least 4 members (excludes halogenated alkanes) is 12. The maximum absolute atomic E-state index is 11.4. The first-order valence-electron chi connectivity index (χ1n) is 13.7. The molecule has 0 aliphatic heterocycles. The van der Waals surface area contributed by atoms with E-state index in [1.165, 1.54) is 12.8 Å². The molecule has 0 aromatic carbocycles. The predicted octanol–water partition coefficient (Wildman–Crippen LogP) is 6.09. The lowest BCUT2D eigenvalue weighted by Gasteiger charge is -2.06. The molecule has 0 rings (SSSR count). The van der Waals surface area contributed by atoms with Gasteiger partial charge in [-0.05, 0) is 32.1 Å². The molecule has 0 aliphatic carbocycles. The first kappa shape index (κ1) is 36.5. The number of carbonyl (C=O) groups is 5. The van der Waals surface area contributed by atoms with Gasteiger partial charge >= 0.3 is 29.8 Å². The quantitative estimate of drug-likeness (QED) is 0.0752. The van der Waals surface area contributed by atoms with Crippen molar-refractivity contribution in [2.24, 2.45) is 0 Å². The molecule has 3 N–H and O–H groups in total. The summed E-state index contributed by atoms with van der Waals surface area (Å²) in [6, 6.07) is 0. The van der Waals surface area contributed by atoms with Gasteiger partial charge in [0.05, 0.1) is 0 Å². The second kappa shape index (κ2) is 27.9. The highest BCUT2D eigenvalue weighted by atomic mass is 16.7. The lowest BCUT2D eigenvalue weighted by Crippen LogP contribution is -2.12. The van der Waals surface area contributed by atoms with Crippen molar-refractivity contribution in [3.05, 3.63) is 0 Å². The molecule has 0 aliphatic rings. The Morgan fingerprint density at radius 1 is 0.432 bits per heavy atom. The van der Waals surface area contributed by atoms with Crippen LogP contribution in [0.5, 0.6) is 0 Å². The second-order valence-corrected chi connectivity index (χ2v) is 9.03.